The van der Waals surface area contributed by atoms with E-state index >= 15 is 0 Å². The highest BCUT2D eigenvalue weighted by atomic mass is 16.3. The van der Waals surface area contributed by atoms with Gasteiger partial charge in [-0.1, -0.05) is 0 Å². The summed E-state index contributed by atoms with van der Waals surface area (Å²) in [6.07, 6.45) is 8.87. The Hall–Kier alpha value is -3.52. The molecule has 8 nitrogen and oxygen atoms in total. The first-order valence-electron chi connectivity index (χ1n) is 9.21. The number of aliphatic imine (C=N–C) groups is 1. The van der Waals surface area contributed by atoms with Crippen molar-refractivity contribution in [2.75, 3.05) is 17.7 Å². The van der Waals surface area contributed by atoms with Crippen molar-refractivity contribution in [2.24, 2.45) is 4.99 Å². The Morgan fingerprint density at radius 1 is 1.41 bits per heavy atom. The summed E-state index contributed by atoms with van der Waals surface area (Å²) in [5.41, 5.74) is 11.4. The standard InChI is InChI=1S/C21H25N7O/c1-13-5-6-24-10-18(13)19-7-16(15(3)21(22)27-19)8-20(23-4)26-17-9-25-28(11-17)14(2)12-29/h5-11,14,26,29H,4,12H2,1-3H3,(H2,22,27)/b20-8+. The van der Waals surface area contributed by atoms with Crippen LogP contribution in [0.3, 0.4) is 0 Å². The molecule has 0 aliphatic heterocycles. The summed E-state index contributed by atoms with van der Waals surface area (Å²) >= 11 is 0. The van der Waals surface area contributed by atoms with Crippen LogP contribution in [0.25, 0.3) is 17.3 Å². The first-order valence-corrected chi connectivity index (χ1v) is 9.21. The Kier molecular flexibility index (Phi) is 6.04. The molecule has 29 heavy (non-hydrogen) atoms. The Morgan fingerprint density at radius 3 is 2.90 bits per heavy atom. The number of aromatic nitrogens is 4. The second-order valence-electron chi connectivity index (χ2n) is 6.85. The molecule has 4 N–H and O–H groups in total. The molecule has 0 amide bonds. The van der Waals surface area contributed by atoms with Gasteiger partial charge in [-0.3, -0.25) is 9.67 Å². The van der Waals surface area contributed by atoms with Gasteiger partial charge in [0.05, 0.1) is 30.2 Å². The third-order valence-corrected chi connectivity index (χ3v) is 4.72. The van der Waals surface area contributed by atoms with Crippen LogP contribution in [0.4, 0.5) is 11.5 Å². The van der Waals surface area contributed by atoms with Gasteiger partial charge >= 0.3 is 0 Å². The quantitative estimate of drug-likeness (QED) is 0.533. The highest BCUT2D eigenvalue weighted by Crippen LogP contribution is 2.27. The summed E-state index contributed by atoms with van der Waals surface area (Å²) in [4.78, 5) is 12.8. The molecule has 3 heterocycles. The first kappa shape index (κ1) is 20.2. The molecule has 3 aromatic heterocycles. The maximum absolute atomic E-state index is 9.27. The van der Waals surface area contributed by atoms with E-state index in [1.54, 1.807) is 29.5 Å². The summed E-state index contributed by atoms with van der Waals surface area (Å²) in [6, 6.07) is 3.79. The van der Waals surface area contributed by atoms with Gasteiger partial charge in [0.1, 0.15) is 11.6 Å². The van der Waals surface area contributed by atoms with E-state index in [0.717, 1.165) is 33.6 Å². The SMILES string of the molecule is C=N/C(=C\c1cc(-c2cnccc2C)nc(N)c1C)Nc1cnn(C(C)CO)c1. The zero-order valence-corrected chi connectivity index (χ0v) is 16.8. The highest BCUT2D eigenvalue weighted by Gasteiger charge is 2.11. The number of aliphatic hydroxyl groups is 1. The van der Waals surface area contributed by atoms with Crippen LogP contribution in [0.15, 0.2) is 47.7 Å². The molecule has 0 saturated heterocycles. The minimum absolute atomic E-state index is 0.00947. The number of nitrogens with one attached hydrogen (secondary N) is 1. The summed E-state index contributed by atoms with van der Waals surface area (Å²) in [5, 5.41) is 16.7. The van der Waals surface area contributed by atoms with Crippen LogP contribution < -0.4 is 11.1 Å². The number of nitrogens with two attached hydrogens (primary N) is 1. The van der Waals surface area contributed by atoms with E-state index in [2.05, 4.69) is 32.1 Å². The van der Waals surface area contributed by atoms with Gasteiger partial charge in [-0.25, -0.2) is 9.98 Å². The largest absolute Gasteiger partial charge is 0.394 e. The molecule has 1 atom stereocenters. The number of hydrogen-bond acceptors (Lipinski definition) is 7. The van der Waals surface area contributed by atoms with Crippen LogP contribution in [-0.2, 0) is 0 Å². The molecule has 0 bridgehead atoms. The Bertz CT molecular complexity index is 1050. The molecule has 3 aromatic rings. The van der Waals surface area contributed by atoms with Gasteiger partial charge in [-0.2, -0.15) is 5.10 Å². The number of nitrogens with zero attached hydrogens (tertiary/aromatic N) is 5. The average molecular weight is 391 g/mol. The molecular weight excluding hydrogens is 366 g/mol. The smallest absolute Gasteiger partial charge is 0.130 e. The maximum atomic E-state index is 9.27. The van der Waals surface area contributed by atoms with E-state index in [-0.39, 0.29) is 12.6 Å². The number of nitrogen functional groups attached to an aromatic ring is 1. The Balaban J connectivity index is 1.95. The number of aliphatic hydroxyl groups excluding tert-OH is 1. The molecule has 150 valence electrons. The van der Waals surface area contributed by atoms with Crippen molar-refractivity contribution in [1.82, 2.24) is 19.7 Å². The lowest BCUT2D eigenvalue weighted by atomic mass is 10.0. The second-order valence-corrected chi connectivity index (χ2v) is 6.85. The second kappa shape index (κ2) is 8.66. The van der Waals surface area contributed by atoms with Gasteiger partial charge in [0, 0.05) is 24.2 Å². The predicted molar refractivity (Wildman–Crippen MR) is 117 cm³/mol. The normalized spacial score (nSPS) is 12.6. The zero-order chi connectivity index (χ0) is 21.0. The van der Waals surface area contributed by atoms with Crippen molar-refractivity contribution in [3.05, 3.63) is 59.4 Å². The lowest BCUT2D eigenvalue weighted by molar-refractivity contribution is 0.230. The van der Waals surface area contributed by atoms with E-state index in [1.165, 1.54) is 0 Å². The molecule has 0 fully saturated rings. The van der Waals surface area contributed by atoms with Crippen molar-refractivity contribution in [3.8, 4) is 11.3 Å². The van der Waals surface area contributed by atoms with Crippen LogP contribution in [0.5, 0.6) is 0 Å². The van der Waals surface area contributed by atoms with Gasteiger partial charge < -0.3 is 16.2 Å². The van der Waals surface area contributed by atoms with Gasteiger partial charge in [-0.15, -0.1) is 0 Å². The molecule has 1 unspecified atom stereocenters. The lowest BCUT2D eigenvalue weighted by Gasteiger charge is -2.11. The predicted octanol–water partition coefficient (Wildman–Crippen LogP) is 3.20. The number of hydrogen-bond donors (Lipinski definition) is 3. The lowest BCUT2D eigenvalue weighted by Crippen LogP contribution is -2.09. The molecule has 0 radical (unpaired) electrons. The van der Waals surface area contributed by atoms with Crippen LogP contribution >= 0.6 is 0 Å². The molecule has 3 rings (SSSR count). The van der Waals surface area contributed by atoms with Crippen molar-refractivity contribution < 1.29 is 5.11 Å². The van der Waals surface area contributed by atoms with Crippen molar-refractivity contribution in [2.45, 2.75) is 26.8 Å². The summed E-state index contributed by atoms with van der Waals surface area (Å²) in [7, 11) is 0. The molecule has 0 spiro atoms. The monoisotopic (exact) mass is 391 g/mol. The number of pyridine rings is 2. The van der Waals surface area contributed by atoms with Crippen molar-refractivity contribution in [1.29, 1.82) is 0 Å². The van der Waals surface area contributed by atoms with Crippen molar-refractivity contribution >= 4 is 24.3 Å². The summed E-state index contributed by atoms with van der Waals surface area (Å²) in [5.74, 6) is 0.994. The fourth-order valence-electron chi connectivity index (χ4n) is 2.81. The van der Waals surface area contributed by atoms with Gasteiger partial charge in [0.2, 0.25) is 0 Å². The average Bonchev–Trinajstić information content (AvgIpc) is 3.19. The van der Waals surface area contributed by atoms with Gasteiger partial charge in [-0.05, 0) is 62.4 Å². The first-order chi connectivity index (χ1) is 13.9. The van der Waals surface area contributed by atoms with Crippen molar-refractivity contribution in [3.63, 3.8) is 0 Å². The van der Waals surface area contributed by atoms with Crippen LogP contribution in [0, 0.1) is 13.8 Å². The summed E-state index contributed by atoms with van der Waals surface area (Å²) in [6.45, 7) is 9.46. The van der Waals surface area contributed by atoms with E-state index in [1.807, 2.05) is 39.0 Å². The third kappa shape index (κ3) is 4.49. The third-order valence-electron chi connectivity index (χ3n) is 4.72. The van der Waals surface area contributed by atoms with Gasteiger partial charge in [0.25, 0.3) is 0 Å². The number of anilines is 2. The molecule has 0 aromatic carbocycles. The zero-order valence-electron chi connectivity index (χ0n) is 16.8. The van der Waals surface area contributed by atoms with Gasteiger partial charge in [0.15, 0.2) is 0 Å². The molecular formula is C21H25N7O. The molecule has 8 heteroatoms. The molecule has 0 aliphatic carbocycles. The maximum Gasteiger partial charge on any atom is 0.130 e. The van der Waals surface area contributed by atoms with E-state index in [0.29, 0.717) is 11.6 Å². The van der Waals surface area contributed by atoms with E-state index in [4.69, 9.17) is 5.73 Å². The Morgan fingerprint density at radius 2 is 2.21 bits per heavy atom. The van der Waals surface area contributed by atoms with Crippen LogP contribution in [-0.4, -0.2) is 38.2 Å². The number of rotatable bonds is 7. The summed E-state index contributed by atoms with van der Waals surface area (Å²) < 4.78 is 1.68. The number of aryl methyl sites for hydroxylation is 1. The topological polar surface area (TPSA) is 114 Å². The van der Waals surface area contributed by atoms with Crippen LogP contribution in [0.1, 0.15) is 29.7 Å². The molecule has 0 saturated carbocycles. The highest BCUT2D eigenvalue weighted by molar-refractivity contribution is 5.72. The minimum atomic E-state index is -0.109. The molecule has 0 aliphatic rings. The minimum Gasteiger partial charge on any atom is -0.394 e. The van der Waals surface area contributed by atoms with Crippen LogP contribution in [0.2, 0.25) is 0 Å². The van der Waals surface area contributed by atoms with E-state index in [9.17, 15) is 5.11 Å². The fraction of sp³-hybridized carbons (Fsp3) is 0.238. The Labute approximate surface area is 169 Å². The fourth-order valence-corrected chi connectivity index (χ4v) is 2.81. The van der Waals surface area contributed by atoms with E-state index < -0.39 is 0 Å².